The minimum atomic E-state index is -0.115. The van der Waals surface area contributed by atoms with Crippen LogP contribution in [0.3, 0.4) is 0 Å². The van der Waals surface area contributed by atoms with Crippen LogP contribution in [-0.4, -0.2) is 59.8 Å². The number of methoxy groups -OCH3 is 1. The van der Waals surface area contributed by atoms with Gasteiger partial charge < -0.3 is 14.2 Å². The van der Waals surface area contributed by atoms with Gasteiger partial charge in [0.25, 0.3) is 0 Å². The van der Waals surface area contributed by atoms with Crippen LogP contribution in [0.1, 0.15) is 50.9 Å². The average Bonchev–Trinajstić information content (AvgIpc) is 2.85. The number of nitrogens with zero attached hydrogens (tertiary/aromatic N) is 4. The van der Waals surface area contributed by atoms with Gasteiger partial charge in [0.2, 0.25) is 5.89 Å². The van der Waals surface area contributed by atoms with Crippen molar-refractivity contribution in [3.05, 3.63) is 11.7 Å². The lowest BCUT2D eigenvalue weighted by Gasteiger charge is -2.20. The van der Waals surface area contributed by atoms with E-state index in [0.29, 0.717) is 11.7 Å². The average molecular weight is 296 g/mol. The topological polar surface area (TPSA) is 54.6 Å². The quantitative estimate of drug-likeness (QED) is 0.768. The minimum Gasteiger partial charge on any atom is -0.374 e. The zero-order valence-corrected chi connectivity index (χ0v) is 13.5. The predicted octanol–water partition coefficient (Wildman–Crippen LogP) is 2.08. The second-order valence-electron chi connectivity index (χ2n) is 5.75. The number of aromatic nitrogens is 2. The van der Waals surface area contributed by atoms with E-state index in [2.05, 4.69) is 26.9 Å². The van der Waals surface area contributed by atoms with Crippen LogP contribution >= 0.6 is 0 Å². The Labute approximate surface area is 127 Å². The Bertz CT molecular complexity index is 410. The van der Waals surface area contributed by atoms with Crippen molar-refractivity contribution in [3.63, 3.8) is 0 Å². The summed E-state index contributed by atoms with van der Waals surface area (Å²) in [6.07, 6.45) is 3.65. The molecule has 0 unspecified atom stereocenters. The number of rotatable bonds is 7. The van der Waals surface area contributed by atoms with Crippen LogP contribution in [0, 0.1) is 0 Å². The molecule has 120 valence electrons. The van der Waals surface area contributed by atoms with Gasteiger partial charge >= 0.3 is 0 Å². The number of hydrogen-bond donors (Lipinski definition) is 0. The molecule has 1 aromatic heterocycles. The Kier molecular flexibility index (Phi) is 6.60. The van der Waals surface area contributed by atoms with Crippen molar-refractivity contribution < 1.29 is 9.26 Å². The van der Waals surface area contributed by atoms with Crippen molar-refractivity contribution in [2.45, 2.75) is 45.8 Å². The molecule has 0 aliphatic carbocycles. The van der Waals surface area contributed by atoms with Crippen LogP contribution in [0.5, 0.6) is 0 Å². The maximum atomic E-state index is 5.33. The van der Waals surface area contributed by atoms with Gasteiger partial charge in [0.15, 0.2) is 5.82 Å². The lowest BCUT2D eigenvalue weighted by Crippen LogP contribution is -2.31. The van der Waals surface area contributed by atoms with Crippen molar-refractivity contribution in [1.82, 2.24) is 19.9 Å². The van der Waals surface area contributed by atoms with Crippen molar-refractivity contribution in [3.8, 4) is 0 Å². The molecule has 0 aromatic carbocycles. The molecule has 2 heterocycles. The Morgan fingerprint density at radius 1 is 1.24 bits per heavy atom. The van der Waals surface area contributed by atoms with Gasteiger partial charge in [-0.2, -0.15) is 4.98 Å². The van der Waals surface area contributed by atoms with E-state index < -0.39 is 0 Å². The highest BCUT2D eigenvalue weighted by Gasteiger charge is 2.18. The van der Waals surface area contributed by atoms with Crippen LogP contribution in [0.4, 0.5) is 0 Å². The fraction of sp³-hybridized carbons (Fsp3) is 0.867. The minimum absolute atomic E-state index is 0.115. The summed E-state index contributed by atoms with van der Waals surface area (Å²) in [5.41, 5.74) is 0. The summed E-state index contributed by atoms with van der Waals surface area (Å²) >= 11 is 0. The van der Waals surface area contributed by atoms with Crippen molar-refractivity contribution in [2.75, 3.05) is 39.8 Å². The van der Waals surface area contributed by atoms with E-state index in [1.807, 2.05) is 6.92 Å². The molecule has 0 amide bonds. The third-order valence-electron chi connectivity index (χ3n) is 4.07. The lowest BCUT2D eigenvalue weighted by molar-refractivity contribution is 0.109. The van der Waals surface area contributed by atoms with Gasteiger partial charge in [0.05, 0.1) is 6.54 Å². The molecule has 6 heteroatoms. The molecule has 1 fully saturated rings. The molecule has 6 nitrogen and oxygen atoms in total. The van der Waals surface area contributed by atoms with Crippen LogP contribution in [0.2, 0.25) is 0 Å². The summed E-state index contributed by atoms with van der Waals surface area (Å²) in [5, 5.41) is 3.98. The highest BCUT2D eigenvalue weighted by Crippen LogP contribution is 2.13. The summed E-state index contributed by atoms with van der Waals surface area (Å²) in [7, 11) is 1.65. The molecule has 0 spiro atoms. The van der Waals surface area contributed by atoms with E-state index in [-0.39, 0.29) is 6.10 Å². The van der Waals surface area contributed by atoms with Gasteiger partial charge in [-0.05, 0) is 39.4 Å². The number of hydrogen-bond acceptors (Lipinski definition) is 6. The maximum absolute atomic E-state index is 5.33. The van der Waals surface area contributed by atoms with Crippen molar-refractivity contribution in [2.24, 2.45) is 0 Å². The van der Waals surface area contributed by atoms with Crippen molar-refractivity contribution in [1.29, 1.82) is 0 Å². The molecule has 1 aliphatic heterocycles. The van der Waals surface area contributed by atoms with Gasteiger partial charge in [-0.1, -0.05) is 18.5 Å². The third kappa shape index (κ3) is 5.05. The summed E-state index contributed by atoms with van der Waals surface area (Å²) < 4.78 is 10.5. The Hall–Kier alpha value is -0.980. The van der Waals surface area contributed by atoms with E-state index in [1.165, 1.54) is 32.4 Å². The Morgan fingerprint density at radius 2 is 2.00 bits per heavy atom. The zero-order chi connectivity index (χ0) is 15.1. The van der Waals surface area contributed by atoms with E-state index >= 15 is 0 Å². The van der Waals surface area contributed by atoms with Gasteiger partial charge in [-0.3, -0.25) is 4.90 Å². The normalized spacial score (nSPS) is 19.6. The van der Waals surface area contributed by atoms with Gasteiger partial charge in [-0.15, -0.1) is 0 Å². The predicted molar refractivity (Wildman–Crippen MR) is 81.0 cm³/mol. The van der Waals surface area contributed by atoms with Gasteiger partial charge in [-0.25, -0.2) is 0 Å². The monoisotopic (exact) mass is 296 g/mol. The van der Waals surface area contributed by atoms with Crippen LogP contribution in [-0.2, 0) is 11.3 Å². The van der Waals surface area contributed by atoms with E-state index in [1.54, 1.807) is 7.11 Å². The molecule has 1 aromatic rings. The second-order valence-corrected chi connectivity index (χ2v) is 5.75. The molecule has 1 saturated heterocycles. The lowest BCUT2D eigenvalue weighted by atomic mass is 10.3. The fourth-order valence-corrected chi connectivity index (χ4v) is 2.58. The standard InChI is InChI=1S/C15H28N4O2/c1-4-5-7-18-8-6-9-19(11-10-18)12-14-16-15(17-21-14)13(2)20-3/h13H,4-12H2,1-3H3/t13-/m1/s1. The molecule has 1 aliphatic rings. The summed E-state index contributed by atoms with van der Waals surface area (Å²) in [6, 6.07) is 0. The number of unbranched alkanes of at least 4 members (excludes halogenated alkanes) is 1. The first-order valence-corrected chi connectivity index (χ1v) is 8.03. The van der Waals surface area contributed by atoms with Crippen molar-refractivity contribution >= 4 is 0 Å². The molecular formula is C15H28N4O2. The molecular weight excluding hydrogens is 268 g/mol. The molecule has 21 heavy (non-hydrogen) atoms. The fourth-order valence-electron chi connectivity index (χ4n) is 2.58. The molecule has 2 rings (SSSR count). The molecule has 1 atom stereocenters. The summed E-state index contributed by atoms with van der Waals surface area (Å²) in [6.45, 7) is 10.6. The number of ether oxygens (including phenoxy) is 1. The first-order chi connectivity index (χ1) is 10.2. The van der Waals surface area contributed by atoms with Gasteiger partial charge in [0.1, 0.15) is 6.10 Å². The van der Waals surface area contributed by atoms with Gasteiger partial charge in [0, 0.05) is 20.2 Å². The Balaban J connectivity index is 1.81. The molecule has 0 saturated carbocycles. The highest BCUT2D eigenvalue weighted by molar-refractivity contribution is 4.90. The van der Waals surface area contributed by atoms with E-state index in [0.717, 1.165) is 26.2 Å². The Morgan fingerprint density at radius 3 is 2.76 bits per heavy atom. The summed E-state index contributed by atoms with van der Waals surface area (Å²) in [5.74, 6) is 1.32. The molecule has 0 bridgehead atoms. The van der Waals surface area contributed by atoms with Crippen LogP contribution < -0.4 is 0 Å². The third-order valence-corrected chi connectivity index (χ3v) is 4.07. The molecule has 0 radical (unpaired) electrons. The SMILES string of the molecule is CCCCN1CCCN(Cc2nc([C@@H](C)OC)no2)CC1. The smallest absolute Gasteiger partial charge is 0.240 e. The largest absolute Gasteiger partial charge is 0.374 e. The van der Waals surface area contributed by atoms with E-state index in [4.69, 9.17) is 9.26 Å². The molecule has 0 N–H and O–H groups in total. The van der Waals surface area contributed by atoms with Crippen LogP contribution in [0.15, 0.2) is 4.52 Å². The van der Waals surface area contributed by atoms with E-state index in [9.17, 15) is 0 Å². The van der Waals surface area contributed by atoms with Crippen LogP contribution in [0.25, 0.3) is 0 Å². The maximum Gasteiger partial charge on any atom is 0.240 e. The second kappa shape index (κ2) is 8.46. The first-order valence-electron chi connectivity index (χ1n) is 8.03. The zero-order valence-electron chi connectivity index (χ0n) is 13.5. The first kappa shape index (κ1) is 16.4. The summed E-state index contributed by atoms with van der Waals surface area (Å²) in [4.78, 5) is 9.38. The highest BCUT2D eigenvalue weighted by atomic mass is 16.5.